The van der Waals surface area contributed by atoms with Gasteiger partial charge in [0.05, 0.1) is 16.9 Å². The van der Waals surface area contributed by atoms with Crippen molar-refractivity contribution in [2.45, 2.75) is 6.42 Å². The molecule has 152 valence electrons. The normalized spacial score (nSPS) is 14.3. The summed E-state index contributed by atoms with van der Waals surface area (Å²) in [5, 5.41) is 13.1. The van der Waals surface area contributed by atoms with Gasteiger partial charge in [-0.15, -0.1) is 0 Å². The van der Waals surface area contributed by atoms with Gasteiger partial charge < -0.3 is 10.3 Å². The zero-order chi connectivity index (χ0) is 20.8. The number of hydrogen-bond donors (Lipinski definition) is 3. The Balaban J connectivity index is 1.49. The average molecular weight is 409 g/mol. The topological polar surface area (TPSA) is 69.4 Å². The summed E-state index contributed by atoms with van der Waals surface area (Å²) in [6.07, 6.45) is 5.02. The van der Waals surface area contributed by atoms with E-state index in [0.717, 1.165) is 64.0 Å². The van der Waals surface area contributed by atoms with Crippen molar-refractivity contribution in [1.29, 1.82) is 0 Å². The average Bonchev–Trinajstić information content (AvgIpc) is 3.43. The second-order valence-corrected chi connectivity index (χ2v) is 7.83. The Labute approximate surface area is 178 Å². The second kappa shape index (κ2) is 7.18. The molecule has 31 heavy (non-hydrogen) atoms. The van der Waals surface area contributed by atoms with Gasteiger partial charge >= 0.3 is 0 Å². The van der Waals surface area contributed by atoms with Crippen molar-refractivity contribution in [3.8, 4) is 22.6 Å². The standard InChI is InChI=1S/C25H20FN5/c26-18-3-1-2-17(12-18)24-20-14-23(29-21(20)8-11-28-24)25-19-13-16(4-5-22(19)30-31-25)15-6-9-27-10-7-15/h1-6,8,11-14,27,29H,7,9-10H2,(H,30,31). The lowest BCUT2D eigenvalue weighted by Gasteiger charge is -2.14. The molecule has 0 fully saturated rings. The third-order valence-corrected chi connectivity index (χ3v) is 5.90. The van der Waals surface area contributed by atoms with Crippen LogP contribution in [0.3, 0.4) is 0 Å². The minimum absolute atomic E-state index is 0.273. The fourth-order valence-electron chi connectivity index (χ4n) is 4.35. The van der Waals surface area contributed by atoms with E-state index < -0.39 is 0 Å². The molecule has 6 heteroatoms. The lowest BCUT2D eigenvalue weighted by atomic mass is 9.98. The van der Waals surface area contributed by atoms with Crippen molar-refractivity contribution in [2.24, 2.45) is 0 Å². The van der Waals surface area contributed by atoms with Gasteiger partial charge in [-0.1, -0.05) is 24.3 Å². The van der Waals surface area contributed by atoms with Crippen molar-refractivity contribution in [3.05, 3.63) is 78.3 Å². The first-order chi connectivity index (χ1) is 15.3. The Kier molecular flexibility index (Phi) is 4.18. The number of benzene rings is 2. The molecule has 3 N–H and O–H groups in total. The Morgan fingerprint density at radius 3 is 2.68 bits per heavy atom. The molecule has 0 amide bonds. The first-order valence-corrected chi connectivity index (χ1v) is 10.4. The smallest absolute Gasteiger partial charge is 0.123 e. The molecule has 1 aliphatic rings. The molecular weight excluding hydrogens is 389 g/mol. The number of nitrogens with one attached hydrogen (secondary N) is 3. The summed E-state index contributed by atoms with van der Waals surface area (Å²) >= 11 is 0. The van der Waals surface area contributed by atoms with Crippen molar-refractivity contribution in [1.82, 2.24) is 25.5 Å². The molecule has 0 radical (unpaired) electrons. The first kappa shape index (κ1) is 18.0. The lowest BCUT2D eigenvalue weighted by molar-refractivity contribution is 0.628. The Bertz CT molecular complexity index is 1460. The summed E-state index contributed by atoms with van der Waals surface area (Å²) in [7, 11) is 0. The van der Waals surface area contributed by atoms with Gasteiger partial charge in [0.25, 0.3) is 0 Å². The summed E-state index contributed by atoms with van der Waals surface area (Å²) < 4.78 is 13.8. The molecule has 0 saturated heterocycles. The number of aromatic amines is 2. The summed E-state index contributed by atoms with van der Waals surface area (Å²) in [6.45, 7) is 1.91. The van der Waals surface area contributed by atoms with E-state index in [0.29, 0.717) is 0 Å². The zero-order valence-corrected chi connectivity index (χ0v) is 16.7. The highest BCUT2D eigenvalue weighted by Crippen LogP contribution is 2.34. The zero-order valence-electron chi connectivity index (χ0n) is 16.7. The molecular formula is C25H20FN5. The maximum atomic E-state index is 13.8. The van der Waals surface area contributed by atoms with E-state index in [1.807, 2.05) is 12.1 Å². The number of nitrogens with zero attached hydrogens (tertiary/aromatic N) is 2. The van der Waals surface area contributed by atoms with E-state index in [2.05, 4.69) is 55.8 Å². The van der Waals surface area contributed by atoms with Gasteiger partial charge in [0, 0.05) is 34.6 Å². The van der Waals surface area contributed by atoms with Crippen molar-refractivity contribution in [3.63, 3.8) is 0 Å². The second-order valence-electron chi connectivity index (χ2n) is 7.83. The Morgan fingerprint density at radius 2 is 1.81 bits per heavy atom. The Hall–Kier alpha value is -3.77. The van der Waals surface area contributed by atoms with Crippen LogP contribution < -0.4 is 5.32 Å². The number of hydrogen-bond acceptors (Lipinski definition) is 3. The molecule has 2 aromatic carbocycles. The number of fused-ring (bicyclic) bond motifs is 2. The van der Waals surface area contributed by atoms with Gasteiger partial charge in [-0.05, 0) is 60.5 Å². The van der Waals surface area contributed by atoms with Crippen LogP contribution in [-0.2, 0) is 0 Å². The van der Waals surface area contributed by atoms with Gasteiger partial charge in [-0.25, -0.2) is 4.39 Å². The van der Waals surface area contributed by atoms with Crippen molar-refractivity contribution >= 4 is 27.4 Å². The van der Waals surface area contributed by atoms with Gasteiger partial charge in [-0.3, -0.25) is 10.1 Å². The molecule has 0 aliphatic carbocycles. The van der Waals surface area contributed by atoms with Crippen molar-refractivity contribution in [2.75, 3.05) is 13.1 Å². The highest BCUT2D eigenvalue weighted by Gasteiger charge is 2.16. The minimum atomic E-state index is -0.273. The number of aromatic nitrogens is 4. The molecule has 0 unspecified atom stereocenters. The largest absolute Gasteiger partial charge is 0.353 e. The molecule has 0 saturated carbocycles. The SMILES string of the molecule is Fc1cccc(-c2nccc3[nH]c(-c4n[nH]c5ccc(C6=CCNCC6)cc45)cc23)c1. The number of rotatable bonds is 3. The summed E-state index contributed by atoms with van der Waals surface area (Å²) in [6, 6.07) is 17.0. The molecule has 0 atom stereocenters. The van der Waals surface area contributed by atoms with Crippen LogP contribution in [0.25, 0.3) is 50.0 Å². The third kappa shape index (κ3) is 3.12. The summed E-state index contributed by atoms with van der Waals surface area (Å²) in [5.74, 6) is -0.273. The number of pyridine rings is 1. The molecule has 6 rings (SSSR count). The van der Waals surface area contributed by atoms with Gasteiger partial charge in [0.15, 0.2) is 0 Å². The molecule has 1 aliphatic heterocycles. The van der Waals surface area contributed by atoms with Crippen LogP contribution in [0.2, 0.25) is 0 Å². The van der Waals surface area contributed by atoms with Crippen LogP contribution in [0.5, 0.6) is 0 Å². The van der Waals surface area contributed by atoms with E-state index in [4.69, 9.17) is 0 Å². The maximum Gasteiger partial charge on any atom is 0.123 e. The molecule has 0 bridgehead atoms. The van der Waals surface area contributed by atoms with Crippen LogP contribution in [-0.4, -0.2) is 33.3 Å². The van der Waals surface area contributed by atoms with E-state index in [-0.39, 0.29) is 5.82 Å². The lowest BCUT2D eigenvalue weighted by Crippen LogP contribution is -2.19. The molecule has 4 heterocycles. The van der Waals surface area contributed by atoms with Gasteiger partial charge in [-0.2, -0.15) is 5.10 Å². The van der Waals surface area contributed by atoms with Crippen LogP contribution in [0, 0.1) is 5.82 Å². The van der Waals surface area contributed by atoms with E-state index in [9.17, 15) is 4.39 Å². The highest BCUT2D eigenvalue weighted by atomic mass is 19.1. The maximum absolute atomic E-state index is 13.8. The minimum Gasteiger partial charge on any atom is -0.353 e. The fraction of sp³-hybridized carbons (Fsp3) is 0.120. The summed E-state index contributed by atoms with van der Waals surface area (Å²) in [4.78, 5) is 8.00. The van der Waals surface area contributed by atoms with E-state index in [1.165, 1.54) is 23.3 Å². The first-order valence-electron chi connectivity index (χ1n) is 10.4. The highest BCUT2D eigenvalue weighted by molar-refractivity contribution is 6.00. The summed E-state index contributed by atoms with van der Waals surface area (Å²) in [5.41, 5.74) is 7.81. The molecule has 5 aromatic rings. The number of halogens is 1. The fourth-order valence-corrected chi connectivity index (χ4v) is 4.35. The third-order valence-electron chi connectivity index (χ3n) is 5.90. The predicted octanol–water partition coefficient (Wildman–Crippen LogP) is 5.29. The number of H-pyrrole nitrogens is 2. The predicted molar refractivity (Wildman–Crippen MR) is 122 cm³/mol. The monoisotopic (exact) mass is 409 g/mol. The quantitative estimate of drug-likeness (QED) is 0.379. The van der Waals surface area contributed by atoms with Crippen molar-refractivity contribution < 1.29 is 4.39 Å². The molecule has 0 spiro atoms. The van der Waals surface area contributed by atoms with Crippen LogP contribution in [0.4, 0.5) is 4.39 Å². The molecule has 5 nitrogen and oxygen atoms in total. The molecule has 3 aromatic heterocycles. The van der Waals surface area contributed by atoms with Crippen LogP contribution in [0.1, 0.15) is 12.0 Å². The van der Waals surface area contributed by atoms with E-state index in [1.54, 1.807) is 12.3 Å². The van der Waals surface area contributed by atoms with Crippen LogP contribution >= 0.6 is 0 Å². The van der Waals surface area contributed by atoms with Gasteiger partial charge in [0.2, 0.25) is 0 Å². The van der Waals surface area contributed by atoms with Crippen LogP contribution in [0.15, 0.2) is 66.9 Å². The Morgan fingerprint density at radius 1 is 0.871 bits per heavy atom. The van der Waals surface area contributed by atoms with Gasteiger partial charge in [0.1, 0.15) is 11.5 Å². The van der Waals surface area contributed by atoms with E-state index >= 15 is 0 Å².